The van der Waals surface area contributed by atoms with Crippen molar-refractivity contribution in [1.29, 1.82) is 0 Å². The molecule has 0 bridgehead atoms. The van der Waals surface area contributed by atoms with Gasteiger partial charge in [0.05, 0.1) is 0 Å². The lowest BCUT2D eigenvalue weighted by molar-refractivity contribution is 0.0589. The average Bonchev–Trinajstić information content (AvgIpc) is 2.46. The van der Waals surface area contributed by atoms with Crippen LogP contribution in [0.4, 0.5) is 9.59 Å². The number of piperazine rings is 2. The van der Waals surface area contributed by atoms with Crippen molar-refractivity contribution in [3.63, 3.8) is 0 Å². The minimum Gasteiger partial charge on any atom is -0.351 e. The zero-order chi connectivity index (χ0) is 15.6. The molecule has 2 rings (SSSR count). The van der Waals surface area contributed by atoms with Crippen LogP contribution in [0, 0.1) is 0 Å². The average molecular weight is 297 g/mol. The quantitative estimate of drug-likeness (QED) is 0.695. The number of carbonyl (C=O) groups is 2. The van der Waals surface area contributed by atoms with Gasteiger partial charge in [0, 0.05) is 57.9 Å². The summed E-state index contributed by atoms with van der Waals surface area (Å²) in [4.78, 5) is 31.3. The summed E-state index contributed by atoms with van der Waals surface area (Å²) in [5.41, 5.74) is 5.41. The van der Waals surface area contributed by atoms with Crippen molar-refractivity contribution in [2.75, 3.05) is 52.4 Å². The molecule has 0 aromatic heterocycles. The van der Waals surface area contributed by atoms with E-state index >= 15 is 0 Å². The minimum atomic E-state index is -0.402. The molecule has 0 atom stereocenters. The number of hydrogen-bond donors (Lipinski definition) is 1. The van der Waals surface area contributed by atoms with Gasteiger partial charge in [-0.2, -0.15) is 0 Å². The topological polar surface area (TPSA) is 73.1 Å². The highest BCUT2D eigenvalue weighted by Gasteiger charge is 2.31. The van der Waals surface area contributed by atoms with Crippen LogP contribution in [0.5, 0.6) is 0 Å². The lowest BCUT2D eigenvalue weighted by Gasteiger charge is -2.44. The lowest BCUT2D eigenvalue weighted by atomic mass is 10.1. The van der Waals surface area contributed by atoms with Gasteiger partial charge in [-0.05, 0) is 20.8 Å². The Labute approximate surface area is 126 Å². The molecule has 2 heterocycles. The molecule has 7 nitrogen and oxygen atoms in total. The smallest absolute Gasteiger partial charge is 0.320 e. The van der Waals surface area contributed by atoms with Crippen molar-refractivity contribution in [3.8, 4) is 0 Å². The summed E-state index contributed by atoms with van der Waals surface area (Å²) in [5, 5.41) is 0. The summed E-state index contributed by atoms with van der Waals surface area (Å²) in [5.74, 6) is 0. The molecule has 0 unspecified atom stereocenters. The Kier molecular flexibility index (Phi) is 4.61. The minimum absolute atomic E-state index is 0.0904. The molecule has 4 amide bonds. The van der Waals surface area contributed by atoms with Crippen molar-refractivity contribution in [2.24, 2.45) is 5.73 Å². The van der Waals surface area contributed by atoms with Gasteiger partial charge < -0.3 is 20.4 Å². The lowest BCUT2D eigenvalue weighted by Crippen LogP contribution is -2.59. The molecule has 21 heavy (non-hydrogen) atoms. The number of carbonyl (C=O) groups excluding carboxylic acids is 2. The fourth-order valence-corrected chi connectivity index (χ4v) is 2.89. The first-order chi connectivity index (χ1) is 9.79. The number of amides is 4. The third-order valence-electron chi connectivity index (χ3n) is 4.36. The second kappa shape index (κ2) is 6.09. The molecule has 0 aromatic carbocycles. The number of nitrogens with zero attached hydrogens (tertiary/aromatic N) is 4. The number of primary amides is 1. The van der Waals surface area contributed by atoms with Crippen LogP contribution < -0.4 is 5.73 Å². The van der Waals surface area contributed by atoms with Crippen LogP contribution >= 0.6 is 0 Å². The summed E-state index contributed by atoms with van der Waals surface area (Å²) in [6, 6.07) is -0.312. The van der Waals surface area contributed by atoms with Gasteiger partial charge >= 0.3 is 12.1 Å². The van der Waals surface area contributed by atoms with Gasteiger partial charge in [-0.15, -0.1) is 0 Å². The Morgan fingerprint density at radius 2 is 1.14 bits per heavy atom. The highest BCUT2D eigenvalue weighted by Crippen LogP contribution is 2.17. The normalized spacial score (nSPS) is 21.6. The molecule has 0 aromatic rings. The number of hydrogen-bond acceptors (Lipinski definition) is 3. The molecule has 0 saturated carbocycles. The predicted octanol–water partition coefficient (Wildman–Crippen LogP) is 0.219. The highest BCUT2D eigenvalue weighted by atomic mass is 16.2. The molecule has 2 fully saturated rings. The number of rotatable bonds is 0. The highest BCUT2D eigenvalue weighted by molar-refractivity contribution is 5.76. The van der Waals surface area contributed by atoms with E-state index in [2.05, 4.69) is 25.7 Å². The van der Waals surface area contributed by atoms with E-state index in [9.17, 15) is 9.59 Å². The van der Waals surface area contributed by atoms with Crippen molar-refractivity contribution < 1.29 is 9.59 Å². The summed E-state index contributed by atoms with van der Waals surface area (Å²) < 4.78 is 0. The van der Waals surface area contributed by atoms with E-state index in [0.717, 1.165) is 26.2 Å². The second-order valence-electron chi connectivity index (χ2n) is 6.74. The Bertz CT molecular complexity index is 391. The van der Waals surface area contributed by atoms with Crippen molar-refractivity contribution in [3.05, 3.63) is 0 Å². The predicted molar refractivity (Wildman–Crippen MR) is 81.0 cm³/mol. The van der Waals surface area contributed by atoms with Crippen LogP contribution in [0.2, 0.25) is 0 Å². The summed E-state index contributed by atoms with van der Waals surface area (Å²) in [7, 11) is 0. The van der Waals surface area contributed by atoms with Crippen LogP contribution in [0.25, 0.3) is 0 Å². The maximum absolute atomic E-state index is 12.5. The van der Waals surface area contributed by atoms with Gasteiger partial charge in [-0.1, -0.05) is 0 Å². The largest absolute Gasteiger partial charge is 0.351 e. The monoisotopic (exact) mass is 297 g/mol. The number of urea groups is 2. The zero-order valence-electron chi connectivity index (χ0n) is 13.3. The van der Waals surface area contributed by atoms with Gasteiger partial charge in [0.25, 0.3) is 0 Å². The van der Waals surface area contributed by atoms with E-state index in [1.54, 1.807) is 4.90 Å². The SMILES string of the molecule is CC(C)(C)N1CCN(C(=O)N2CCN(C(N)=O)CC2)CC1. The van der Waals surface area contributed by atoms with E-state index < -0.39 is 6.03 Å². The molecule has 0 radical (unpaired) electrons. The molecular weight excluding hydrogens is 270 g/mol. The van der Waals surface area contributed by atoms with Gasteiger partial charge in [0.2, 0.25) is 0 Å². The molecule has 7 heteroatoms. The van der Waals surface area contributed by atoms with Crippen LogP contribution in [0.1, 0.15) is 20.8 Å². The standard InChI is InChI=1S/C14H27N5O2/c1-14(2,3)19-10-8-18(9-11-19)13(21)17-6-4-16(5-7-17)12(15)20/h4-11H2,1-3H3,(H2,15,20). The number of nitrogens with two attached hydrogens (primary N) is 1. The summed E-state index contributed by atoms with van der Waals surface area (Å²) >= 11 is 0. The molecular formula is C14H27N5O2. The molecule has 0 spiro atoms. The van der Waals surface area contributed by atoms with Crippen LogP contribution in [0.3, 0.4) is 0 Å². The van der Waals surface area contributed by atoms with E-state index in [4.69, 9.17) is 5.73 Å². The third-order valence-corrected chi connectivity index (χ3v) is 4.36. The van der Waals surface area contributed by atoms with Crippen LogP contribution in [0.15, 0.2) is 0 Å². The fraction of sp³-hybridized carbons (Fsp3) is 0.857. The Hall–Kier alpha value is -1.50. The van der Waals surface area contributed by atoms with Gasteiger partial charge in [0.1, 0.15) is 0 Å². The fourth-order valence-electron chi connectivity index (χ4n) is 2.89. The summed E-state index contributed by atoms with van der Waals surface area (Å²) in [6.45, 7) is 12.2. The van der Waals surface area contributed by atoms with Crippen LogP contribution in [-0.2, 0) is 0 Å². The Morgan fingerprint density at radius 1 is 0.762 bits per heavy atom. The Morgan fingerprint density at radius 3 is 1.52 bits per heavy atom. The van der Waals surface area contributed by atoms with E-state index in [1.165, 1.54) is 0 Å². The van der Waals surface area contributed by atoms with Crippen LogP contribution in [-0.4, -0.2) is 89.6 Å². The van der Waals surface area contributed by atoms with Crippen molar-refractivity contribution in [1.82, 2.24) is 19.6 Å². The first-order valence-electron chi connectivity index (χ1n) is 7.62. The van der Waals surface area contributed by atoms with Crippen molar-refractivity contribution in [2.45, 2.75) is 26.3 Å². The van der Waals surface area contributed by atoms with E-state index in [1.807, 2.05) is 9.80 Å². The third kappa shape index (κ3) is 3.78. The first-order valence-corrected chi connectivity index (χ1v) is 7.62. The molecule has 2 saturated heterocycles. The molecule has 2 aliphatic heterocycles. The molecule has 2 N–H and O–H groups in total. The zero-order valence-corrected chi connectivity index (χ0v) is 13.3. The summed E-state index contributed by atoms with van der Waals surface area (Å²) in [6.07, 6.45) is 0. The van der Waals surface area contributed by atoms with Gasteiger partial charge in [0.15, 0.2) is 0 Å². The maximum Gasteiger partial charge on any atom is 0.320 e. The van der Waals surface area contributed by atoms with Gasteiger partial charge in [-0.3, -0.25) is 4.90 Å². The molecule has 120 valence electrons. The van der Waals surface area contributed by atoms with Gasteiger partial charge in [-0.25, -0.2) is 9.59 Å². The maximum atomic E-state index is 12.5. The Balaban J connectivity index is 1.82. The van der Waals surface area contributed by atoms with Crippen molar-refractivity contribution >= 4 is 12.1 Å². The van der Waals surface area contributed by atoms with E-state index in [0.29, 0.717) is 26.2 Å². The first kappa shape index (κ1) is 15.9. The second-order valence-corrected chi connectivity index (χ2v) is 6.74. The molecule has 0 aliphatic carbocycles. The van der Waals surface area contributed by atoms with E-state index in [-0.39, 0.29) is 11.6 Å². The molecule has 2 aliphatic rings.